The van der Waals surface area contributed by atoms with Crippen LogP contribution in [-0.2, 0) is 10.0 Å². The highest BCUT2D eigenvalue weighted by Crippen LogP contribution is 2.22. The van der Waals surface area contributed by atoms with E-state index in [2.05, 4.69) is 20.0 Å². The summed E-state index contributed by atoms with van der Waals surface area (Å²) in [6.07, 6.45) is 2.22. The van der Waals surface area contributed by atoms with Crippen molar-refractivity contribution in [2.45, 2.75) is 25.2 Å². The van der Waals surface area contributed by atoms with Crippen LogP contribution < -0.4 is 4.90 Å². The molecule has 142 valence electrons. The number of rotatable bonds is 3. The molecule has 0 aliphatic carbocycles. The zero-order chi connectivity index (χ0) is 19.0. The molecule has 27 heavy (non-hydrogen) atoms. The van der Waals surface area contributed by atoms with Crippen molar-refractivity contribution >= 4 is 21.6 Å². The molecule has 3 aromatic rings. The number of anilines is 1. The lowest BCUT2D eigenvalue weighted by atomic mass is 10.2. The second-order valence-electron chi connectivity index (χ2n) is 6.79. The van der Waals surface area contributed by atoms with Crippen LogP contribution in [0.25, 0.3) is 5.78 Å². The van der Waals surface area contributed by atoms with Gasteiger partial charge in [0.05, 0.1) is 4.90 Å². The molecule has 3 heterocycles. The van der Waals surface area contributed by atoms with Gasteiger partial charge in [0.2, 0.25) is 10.0 Å². The highest BCUT2D eigenvalue weighted by molar-refractivity contribution is 7.89. The number of fused-ring (bicyclic) bond motifs is 1. The first-order valence-corrected chi connectivity index (χ1v) is 10.4. The van der Waals surface area contributed by atoms with Gasteiger partial charge in [0.25, 0.3) is 5.78 Å². The maximum atomic E-state index is 13.0. The number of aromatic nitrogens is 4. The summed E-state index contributed by atoms with van der Waals surface area (Å²) >= 11 is 0. The van der Waals surface area contributed by atoms with Gasteiger partial charge < -0.3 is 4.90 Å². The Bertz CT molecular complexity index is 1060. The molecule has 0 saturated carbocycles. The molecule has 1 aliphatic heterocycles. The smallest absolute Gasteiger partial charge is 0.254 e. The molecule has 0 bridgehead atoms. The monoisotopic (exact) mass is 386 g/mol. The molecule has 1 aliphatic rings. The van der Waals surface area contributed by atoms with Gasteiger partial charge >= 0.3 is 0 Å². The molecular weight excluding hydrogens is 364 g/mol. The first-order chi connectivity index (χ1) is 12.9. The quantitative estimate of drug-likeness (QED) is 0.680. The van der Waals surface area contributed by atoms with Crippen molar-refractivity contribution in [3.63, 3.8) is 0 Å². The van der Waals surface area contributed by atoms with Crippen LogP contribution in [0.2, 0.25) is 0 Å². The molecule has 0 radical (unpaired) electrons. The van der Waals surface area contributed by atoms with Crippen LogP contribution in [0, 0.1) is 13.8 Å². The maximum absolute atomic E-state index is 13.0. The molecular formula is C18H22N6O2S. The molecule has 0 unspecified atom stereocenters. The number of aryl methyl sites for hydroxylation is 2. The van der Waals surface area contributed by atoms with Gasteiger partial charge in [0, 0.05) is 37.9 Å². The fraction of sp³-hybridized carbons (Fsp3) is 0.389. The van der Waals surface area contributed by atoms with E-state index in [-0.39, 0.29) is 0 Å². The van der Waals surface area contributed by atoms with Crippen LogP contribution in [0.3, 0.4) is 0 Å². The van der Waals surface area contributed by atoms with E-state index < -0.39 is 10.0 Å². The van der Waals surface area contributed by atoms with Gasteiger partial charge in [-0.2, -0.15) is 18.9 Å². The van der Waals surface area contributed by atoms with E-state index >= 15 is 0 Å². The minimum absolute atomic E-state index is 0.347. The van der Waals surface area contributed by atoms with Crippen LogP contribution in [0.15, 0.2) is 41.6 Å². The summed E-state index contributed by atoms with van der Waals surface area (Å²) in [7, 11) is -3.49. The second-order valence-corrected chi connectivity index (χ2v) is 8.72. The first-order valence-electron chi connectivity index (χ1n) is 8.94. The Labute approximate surface area is 158 Å². The topological polar surface area (TPSA) is 83.7 Å². The zero-order valence-electron chi connectivity index (χ0n) is 15.4. The molecule has 2 aromatic heterocycles. The summed E-state index contributed by atoms with van der Waals surface area (Å²) in [6, 6.07) is 8.99. The van der Waals surface area contributed by atoms with Crippen LogP contribution in [0.1, 0.15) is 17.7 Å². The predicted molar refractivity (Wildman–Crippen MR) is 102 cm³/mol. The van der Waals surface area contributed by atoms with E-state index in [0.29, 0.717) is 30.3 Å². The van der Waals surface area contributed by atoms with E-state index in [1.807, 2.05) is 32.0 Å². The fourth-order valence-electron chi connectivity index (χ4n) is 3.36. The second kappa shape index (κ2) is 6.90. The van der Waals surface area contributed by atoms with Crippen molar-refractivity contribution < 1.29 is 8.42 Å². The summed E-state index contributed by atoms with van der Waals surface area (Å²) in [6.45, 7) is 6.12. The van der Waals surface area contributed by atoms with Gasteiger partial charge in [-0.3, -0.25) is 0 Å². The van der Waals surface area contributed by atoms with E-state index in [0.717, 1.165) is 30.0 Å². The third-order valence-corrected chi connectivity index (χ3v) is 6.71. The molecule has 1 aromatic carbocycles. The van der Waals surface area contributed by atoms with Crippen molar-refractivity contribution in [1.82, 2.24) is 23.9 Å². The molecule has 0 amide bonds. The standard InChI is InChI=1S/C18H22N6O2S/c1-14-4-6-16(7-5-14)27(25,26)23-9-3-8-22(10-11-23)17-12-15(2)21-18-19-13-20-24(17)18/h4-7,12-13H,3,8-11H2,1-2H3. The molecule has 8 nitrogen and oxygen atoms in total. The third kappa shape index (κ3) is 3.40. The lowest BCUT2D eigenvalue weighted by Gasteiger charge is -2.24. The molecule has 0 N–H and O–H groups in total. The molecule has 9 heteroatoms. The zero-order valence-corrected chi connectivity index (χ0v) is 16.2. The average Bonchev–Trinajstić information content (AvgIpc) is 2.96. The number of benzene rings is 1. The van der Waals surface area contributed by atoms with E-state index in [1.165, 1.54) is 6.33 Å². The number of sulfonamides is 1. The normalized spacial score (nSPS) is 16.6. The Morgan fingerprint density at radius 1 is 1.00 bits per heavy atom. The van der Waals surface area contributed by atoms with Crippen molar-refractivity contribution in [2.75, 3.05) is 31.1 Å². The summed E-state index contributed by atoms with van der Waals surface area (Å²) in [5.74, 6) is 1.45. The van der Waals surface area contributed by atoms with Crippen LogP contribution in [0.4, 0.5) is 5.82 Å². The van der Waals surface area contributed by atoms with Crippen molar-refractivity contribution in [1.29, 1.82) is 0 Å². The van der Waals surface area contributed by atoms with E-state index in [9.17, 15) is 8.42 Å². The highest BCUT2D eigenvalue weighted by atomic mass is 32.2. The number of nitrogens with zero attached hydrogens (tertiary/aromatic N) is 6. The lowest BCUT2D eigenvalue weighted by Crippen LogP contribution is -2.35. The van der Waals surface area contributed by atoms with Gasteiger partial charge in [-0.1, -0.05) is 17.7 Å². The Balaban J connectivity index is 1.59. The lowest BCUT2D eigenvalue weighted by molar-refractivity contribution is 0.433. The maximum Gasteiger partial charge on any atom is 0.254 e. The van der Waals surface area contributed by atoms with E-state index in [4.69, 9.17) is 0 Å². The summed E-state index contributed by atoms with van der Waals surface area (Å²) < 4.78 is 29.3. The van der Waals surface area contributed by atoms with E-state index in [1.54, 1.807) is 21.0 Å². The molecule has 1 fully saturated rings. The van der Waals surface area contributed by atoms with Crippen molar-refractivity contribution in [3.05, 3.63) is 47.9 Å². The van der Waals surface area contributed by atoms with Gasteiger partial charge in [-0.15, -0.1) is 0 Å². The Morgan fingerprint density at radius 3 is 2.56 bits per heavy atom. The molecule has 4 rings (SSSR count). The minimum Gasteiger partial charge on any atom is -0.355 e. The van der Waals surface area contributed by atoms with Gasteiger partial charge in [0.1, 0.15) is 12.1 Å². The van der Waals surface area contributed by atoms with Crippen LogP contribution >= 0.6 is 0 Å². The Morgan fingerprint density at radius 2 is 1.78 bits per heavy atom. The SMILES string of the molecule is Cc1ccc(S(=O)(=O)N2CCCN(c3cc(C)nc4ncnn34)CC2)cc1. The number of hydrogen-bond donors (Lipinski definition) is 0. The molecule has 0 spiro atoms. The van der Waals surface area contributed by atoms with Gasteiger partial charge in [-0.25, -0.2) is 13.4 Å². The van der Waals surface area contributed by atoms with Crippen LogP contribution in [-0.4, -0.2) is 58.5 Å². The van der Waals surface area contributed by atoms with Gasteiger partial charge in [-0.05, 0) is 32.4 Å². The minimum atomic E-state index is -3.49. The number of hydrogen-bond acceptors (Lipinski definition) is 6. The Kier molecular flexibility index (Phi) is 4.56. The predicted octanol–water partition coefficient (Wildman–Crippen LogP) is 1.64. The average molecular weight is 386 g/mol. The highest BCUT2D eigenvalue weighted by Gasteiger charge is 2.27. The van der Waals surface area contributed by atoms with Crippen molar-refractivity contribution in [3.8, 4) is 0 Å². The largest absolute Gasteiger partial charge is 0.355 e. The summed E-state index contributed by atoms with van der Waals surface area (Å²) in [5.41, 5.74) is 1.90. The van der Waals surface area contributed by atoms with Crippen LogP contribution in [0.5, 0.6) is 0 Å². The van der Waals surface area contributed by atoms with Crippen molar-refractivity contribution in [2.24, 2.45) is 0 Å². The summed E-state index contributed by atoms with van der Waals surface area (Å²) in [4.78, 5) is 11.0. The molecule has 1 saturated heterocycles. The Hall–Kier alpha value is -2.52. The summed E-state index contributed by atoms with van der Waals surface area (Å²) in [5, 5.41) is 4.26. The first kappa shape index (κ1) is 17.9. The fourth-order valence-corrected chi connectivity index (χ4v) is 4.83. The molecule has 0 atom stereocenters. The third-order valence-electron chi connectivity index (χ3n) is 4.80. The van der Waals surface area contributed by atoms with Gasteiger partial charge in [0.15, 0.2) is 0 Å².